The van der Waals surface area contributed by atoms with Crippen LogP contribution < -0.4 is 5.32 Å². The van der Waals surface area contributed by atoms with Gasteiger partial charge < -0.3 is 5.32 Å². The fourth-order valence-electron chi connectivity index (χ4n) is 2.39. The molecular formula is C15H19N5OS. The van der Waals surface area contributed by atoms with Gasteiger partial charge in [-0.2, -0.15) is 0 Å². The van der Waals surface area contributed by atoms with Crippen molar-refractivity contribution in [3.63, 3.8) is 0 Å². The zero-order valence-corrected chi connectivity index (χ0v) is 13.4. The van der Waals surface area contributed by atoms with Crippen LogP contribution in [0.4, 0.5) is 0 Å². The van der Waals surface area contributed by atoms with Crippen molar-refractivity contribution in [2.24, 2.45) is 0 Å². The third-order valence-corrected chi connectivity index (χ3v) is 4.58. The van der Waals surface area contributed by atoms with Crippen LogP contribution >= 0.6 is 11.3 Å². The number of amides is 1. The molecule has 1 N–H and O–H groups in total. The predicted molar refractivity (Wildman–Crippen MR) is 84.6 cm³/mol. The summed E-state index contributed by atoms with van der Waals surface area (Å²) in [7, 11) is 0. The molecule has 2 aromatic rings. The Balaban J connectivity index is 1.53. The maximum Gasteiger partial charge on any atom is 0.263 e. The van der Waals surface area contributed by atoms with Crippen LogP contribution in [0.1, 0.15) is 38.9 Å². The van der Waals surface area contributed by atoms with Gasteiger partial charge in [0.05, 0.1) is 36.9 Å². The van der Waals surface area contributed by atoms with Crippen molar-refractivity contribution in [2.45, 2.75) is 32.9 Å². The number of carbonyl (C=O) groups excluding carboxylic acids is 1. The van der Waals surface area contributed by atoms with Gasteiger partial charge in [0, 0.05) is 6.20 Å². The van der Waals surface area contributed by atoms with Crippen LogP contribution in [0, 0.1) is 6.92 Å². The summed E-state index contributed by atoms with van der Waals surface area (Å²) in [6, 6.07) is 0. The van der Waals surface area contributed by atoms with Crippen molar-refractivity contribution in [3.05, 3.63) is 39.9 Å². The summed E-state index contributed by atoms with van der Waals surface area (Å²) in [5.41, 5.74) is 1.62. The zero-order chi connectivity index (χ0) is 15.4. The molecule has 2 aromatic heterocycles. The predicted octanol–water partition coefficient (Wildman–Crippen LogP) is 1.77. The molecule has 1 aliphatic rings. The minimum atomic E-state index is -0.104. The smallest absolute Gasteiger partial charge is 0.263 e. The molecule has 116 valence electrons. The van der Waals surface area contributed by atoms with Crippen LogP contribution in [0.3, 0.4) is 0 Å². The number of thiazole rings is 1. The number of likely N-dealkylation sites (tertiary alicyclic amines) is 1. The molecule has 1 amide bonds. The molecule has 0 saturated carbocycles. The molecule has 7 heteroatoms. The molecule has 22 heavy (non-hydrogen) atoms. The Morgan fingerprint density at radius 2 is 2.05 bits per heavy atom. The van der Waals surface area contributed by atoms with Crippen molar-refractivity contribution in [2.75, 3.05) is 13.1 Å². The quantitative estimate of drug-likeness (QED) is 0.910. The molecule has 0 atom stereocenters. The van der Waals surface area contributed by atoms with Gasteiger partial charge in [-0.15, -0.1) is 11.3 Å². The minimum absolute atomic E-state index is 0.104. The molecule has 3 rings (SSSR count). The van der Waals surface area contributed by atoms with E-state index in [2.05, 4.69) is 25.2 Å². The highest BCUT2D eigenvalue weighted by Gasteiger charge is 2.15. The van der Waals surface area contributed by atoms with Crippen molar-refractivity contribution in [1.82, 2.24) is 25.2 Å². The van der Waals surface area contributed by atoms with E-state index in [9.17, 15) is 4.79 Å². The minimum Gasteiger partial charge on any atom is -0.346 e. The SMILES string of the molecule is Cc1cnc(CNC(=O)c2cnc(CN3CCCC3)s2)cn1. The van der Waals surface area contributed by atoms with Gasteiger partial charge in [0.2, 0.25) is 0 Å². The summed E-state index contributed by atoms with van der Waals surface area (Å²) < 4.78 is 0. The number of aromatic nitrogens is 3. The lowest BCUT2D eigenvalue weighted by molar-refractivity contribution is 0.0954. The Bertz CT molecular complexity index is 634. The molecule has 0 radical (unpaired) electrons. The van der Waals surface area contributed by atoms with Gasteiger partial charge in [-0.1, -0.05) is 0 Å². The number of aryl methyl sites for hydroxylation is 1. The first-order valence-electron chi connectivity index (χ1n) is 7.43. The Labute approximate surface area is 133 Å². The average Bonchev–Trinajstić information content (AvgIpc) is 3.19. The second-order valence-electron chi connectivity index (χ2n) is 5.43. The summed E-state index contributed by atoms with van der Waals surface area (Å²) in [6.07, 6.45) is 7.56. The molecule has 0 unspecified atom stereocenters. The van der Waals surface area contributed by atoms with Crippen molar-refractivity contribution in [1.29, 1.82) is 0 Å². The van der Waals surface area contributed by atoms with E-state index >= 15 is 0 Å². The van der Waals surface area contributed by atoms with E-state index in [0.717, 1.165) is 36.0 Å². The van der Waals surface area contributed by atoms with E-state index in [4.69, 9.17) is 0 Å². The molecule has 0 spiro atoms. The van der Waals surface area contributed by atoms with E-state index in [-0.39, 0.29) is 5.91 Å². The largest absolute Gasteiger partial charge is 0.346 e. The Morgan fingerprint density at radius 3 is 2.77 bits per heavy atom. The third kappa shape index (κ3) is 3.86. The first kappa shape index (κ1) is 15.1. The molecule has 6 nitrogen and oxygen atoms in total. The molecule has 1 aliphatic heterocycles. The van der Waals surface area contributed by atoms with Crippen LogP contribution in [0.2, 0.25) is 0 Å². The molecule has 0 aliphatic carbocycles. The number of carbonyl (C=O) groups is 1. The van der Waals surface area contributed by atoms with Gasteiger partial charge in [0.25, 0.3) is 5.91 Å². The zero-order valence-electron chi connectivity index (χ0n) is 12.6. The monoisotopic (exact) mass is 317 g/mol. The number of hydrogen-bond donors (Lipinski definition) is 1. The molecular weight excluding hydrogens is 298 g/mol. The summed E-state index contributed by atoms with van der Waals surface area (Å²) in [5, 5.41) is 3.86. The van der Waals surface area contributed by atoms with Crippen molar-refractivity contribution in [3.8, 4) is 0 Å². The van der Waals surface area contributed by atoms with E-state index < -0.39 is 0 Å². The lowest BCUT2D eigenvalue weighted by Crippen LogP contribution is -2.22. The van der Waals surface area contributed by atoms with Gasteiger partial charge in [0.15, 0.2) is 0 Å². The van der Waals surface area contributed by atoms with Gasteiger partial charge in [-0.3, -0.25) is 19.7 Å². The maximum atomic E-state index is 12.1. The summed E-state index contributed by atoms with van der Waals surface area (Å²) >= 11 is 1.46. The second-order valence-corrected chi connectivity index (χ2v) is 6.55. The molecule has 1 fully saturated rings. The normalized spacial score (nSPS) is 15.1. The molecule has 0 bridgehead atoms. The van der Waals surface area contributed by atoms with Crippen molar-refractivity contribution < 1.29 is 4.79 Å². The first-order valence-corrected chi connectivity index (χ1v) is 8.25. The number of nitrogens with zero attached hydrogens (tertiary/aromatic N) is 4. The highest BCUT2D eigenvalue weighted by molar-refractivity contribution is 7.13. The first-order chi connectivity index (χ1) is 10.7. The standard InChI is InChI=1S/C15H19N5OS/c1-11-6-17-12(7-16-11)8-19-15(21)13-9-18-14(22-13)10-20-4-2-3-5-20/h6-7,9H,2-5,8,10H2,1H3,(H,19,21). The Kier molecular flexibility index (Phi) is 4.74. The van der Waals surface area contributed by atoms with E-state index in [1.807, 2.05) is 6.92 Å². The van der Waals surface area contributed by atoms with Gasteiger partial charge in [-0.05, 0) is 32.9 Å². The van der Waals surface area contributed by atoms with Gasteiger partial charge >= 0.3 is 0 Å². The second kappa shape index (κ2) is 6.93. The van der Waals surface area contributed by atoms with E-state index in [1.54, 1.807) is 18.6 Å². The highest BCUT2D eigenvalue weighted by atomic mass is 32.1. The van der Waals surface area contributed by atoms with Crippen LogP contribution in [0.25, 0.3) is 0 Å². The molecule has 0 aromatic carbocycles. The van der Waals surface area contributed by atoms with Crippen LogP contribution in [-0.2, 0) is 13.1 Å². The van der Waals surface area contributed by atoms with Crippen molar-refractivity contribution >= 4 is 17.2 Å². The maximum absolute atomic E-state index is 12.1. The van der Waals surface area contributed by atoms with E-state index in [0.29, 0.717) is 11.4 Å². The average molecular weight is 317 g/mol. The third-order valence-electron chi connectivity index (χ3n) is 3.60. The number of hydrogen-bond acceptors (Lipinski definition) is 6. The number of nitrogens with one attached hydrogen (secondary N) is 1. The van der Waals surface area contributed by atoms with Crippen LogP contribution in [0.15, 0.2) is 18.6 Å². The summed E-state index contributed by atoms with van der Waals surface area (Å²) in [6.45, 7) is 5.38. The number of rotatable bonds is 5. The van der Waals surface area contributed by atoms with Crippen LogP contribution in [-0.4, -0.2) is 38.8 Å². The summed E-state index contributed by atoms with van der Waals surface area (Å²) in [4.78, 5) is 27.9. The highest BCUT2D eigenvalue weighted by Crippen LogP contribution is 2.17. The Morgan fingerprint density at radius 1 is 1.23 bits per heavy atom. The molecule has 1 saturated heterocycles. The Hall–Kier alpha value is -1.86. The van der Waals surface area contributed by atoms with Gasteiger partial charge in [-0.25, -0.2) is 4.98 Å². The topological polar surface area (TPSA) is 71.0 Å². The molecule has 3 heterocycles. The lowest BCUT2D eigenvalue weighted by Gasteiger charge is -2.11. The van der Waals surface area contributed by atoms with E-state index in [1.165, 1.54) is 24.2 Å². The fraction of sp³-hybridized carbons (Fsp3) is 0.467. The fourth-order valence-corrected chi connectivity index (χ4v) is 3.27. The van der Waals surface area contributed by atoms with Crippen LogP contribution in [0.5, 0.6) is 0 Å². The van der Waals surface area contributed by atoms with Gasteiger partial charge in [0.1, 0.15) is 9.88 Å². The summed E-state index contributed by atoms with van der Waals surface area (Å²) in [5.74, 6) is -0.104. The lowest BCUT2D eigenvalue weighted by atomic mass is 10.4.